The summed E-state index contributed by atoms with van der Waals surface area (Å²) in [6.07, 6.45) is -0.417. The Kier molecular flexibility index (Phi) is 5.93. The summed E-state index contributed by atoms with van der Waals surface area (Å²) in [6.45, 7) is 0.694. The van der Waals surface area contributed by atoms with Crippen molar-refractivity contribution in [1.29, 1.82) is 0 Å². The Hall–Kier alpha value is -2.64. The molecule has 142 valence electrons. The molecule has 1 unspecified atom stereocenters. The average Bonchev–Trinajstić information content (AvgIpc) is 2.68. The van der Waals surface area contributed by atoms with Crippen LogP contribution in [-0.2, 0) is 9.53 Å². The zero-order valence-electron chi connectivity index (χ0n) is 14.4. The molecule has 1 fully saturated rings. The standard InChI is InChI=1S/C19H18ClFN2O4/c20-14-9-12(5-6-15(14)21)17-10-23(7-8-26-17)19(25)13-3-1-2-4-16(13)27-11-18(22)24/h1-6,9,17H,7-8,10-11H2,(H2,22,24). The number of hydrogen-bond acceptors (Lipinski definition) is 4. The summed E-state index contributed by atoms with van der Waals surface area (Å²) in [5.74, 6) is -1.10. The van der Waals surface area contributed by atoms with E-state index < -0.39 is 17.8 Å². The first-order chi connectivity index (χ1) is 13.0. The second-order valence-electron chi connectivity index (χ2n) is 6.04. The lowest BCUT2D eigenvalue weighted by Crippen LogP contribution is -2.42. The van der Waals surface area contributed by atoms with Crippen LogP contribution in [0.25, 0.3) is 0 Å². The molecule has 0 aliphatic carbocycles. The monoisotopic (exact) mass is 392 g/mol. The van der Waals surface area contributed by atoms with Crippen molar-refractivity contribution in [3.8, 4) is 5.75 Å². The van der Waals surface area contributed by atoms with Crippen molar-refractivity contribution in [2.45, 2.75) is 6.10 Å². The third kappa shape index (κ3) is 4.56. The van der Waals surface area contributed by atoms with Crippen molar-refractivity contribution >= 4 is 23.4 Å². The van der Waals surface area contributed by atoms with Gasteiger partial charge in [0.1, 0.15) is 17.7 Å². The first-order valence-corrected chi connectivity index (χ1v) is 8.69. The highest BCUT2D eigenvalue weighted by atomic mass is 35.5. The average molecular weight is 393 g/mol. The fraction of sp³-hybridized carbons (Fsp3) is 0.263. The molecule has 1 saturated heterocycles. The number of ether oxygens (including phenoxy) is 2. The van der Waals surface area contributed by atoms with E-state index in [1.54, 1.807) is 35.2 Å². The number of hydrogen-bond donors (Lipinski definition) is 1. The lowest BCUT2D eigenvalue weighted by atomic mass is 10.1. The number of para-hydroxylation sites is 1. The quantitative estimate of drug-likeness (QED) is 0.847. The van der Waals surface area contributed by atoms with E-state index >= 15 is 0 Å². The number of amides is 2. The molecule has 27 heavy (non-hydrogen) atoms. The van der Waals surface area contributed by atoms with Gasteiger partial charge in [-0.2, -0.15) is 0 Å². The summed E-state index contributed by atoms with van der Waals surface area (Å²) in [7, 11) is 0. The fourth-order valence-corrected chi connectivity index (χ4v) is 3.03. The van der Waals surface area contributed by atoms with Crippen molar-refractivity contribution in [2.75, 3.05) is 26.3 Å². The zero-order valence-corrected chi connectivity index (χ0v) is 15.1. The molecule has 2 aromatic carbocycles. The van der Waals surface area contributed by atoms with E-state index in [9.17, 15) is 14.0 Å². The van der Waals surface area contributed by atoms with Gasteiger partial charge in [0.25, 0.3) is 11.8 Å². The maximum Gasteiger partial charge on any atom is 0.257 e. The molecule has 1 aliphatic heterocycles. The minimum atomic E-state index is -0.628. The lowest BCUT2D eigenvalue weighted by Gasteiger charge is -2.33. The maximum absolute atomic E-state index is 13.4. The smallest absolute Gasteiger partial charge is 0.257 e. The van der Waals surface area contributed by atoms with Gasteiger partial charge < -0.3 is 20.1 Å². The highest BCUT2D eigenvalue weighted by Crippen LogP contribution is 2.28. The summed E-state index contributed by atoms with van der Waals surface area (Å²) in [6, 6.07) is 11.0. The summed E-state index contributed by atoms with van der Waals surface area (Å²) in [5, 5.41) is 0.00440. The van der Waals surface area contributed by atoms with Gasteiger partial charge in [0, 0.05) is 6.54 Å². The summed E-state index contributed by atoms with van der Waals surface area (Å²) in [5.41, 5.74) is 6.12. The molecule has 2 aromatic rings. The van der Waals surface area contributed by atoms with Crippen LogP contribution in [0.2, 0.25) is 5.02 Å². The Morgan fingerprint density at radius 2 is 2.07 bits per heavy atom. The molecule has 1 aliphatic rings. The second-order valence-corrected chi connectivity index (χ2v) is 6.44. The van der Waals surface area contributed by atoms with E-state index in [0.717, 1.165) is 0 Å². The van der Waals surface area contributed by atoms with Crippen LogP contribution in [0.15, 0.2) is 42.5 Å². The molecule has 2 N–H and O–H groups in total. The van der Waals surface area contributed by atoms with Gasteiger partial charge in [0.2, 0.25) is 0 Å². The molecular formula is C19H18ClFN2O4. The Labute approximate surface area is 160 Å². The van der Waals surface area contributed by atoms with Crippen LogP contribution < -0.4 is 10.5 Å². The predicted molar refractivity (Wildman–Crippen MR) is 97.1 cm³/mol. The zero-order chi connectivity index (χ0) is 19.4. The highest BCUT2D eigenvalue weighted by Gasteiger charge is 2.28. The molecule has 1 heterocycles. The summed E-state index contributed by atoms with van der Waals surface area (Å²) in [4.78, 5) is 25.5. The Balaban J connectivity index is 1.77. The van der Waals surface area contributed by atoms with Gasteiger partial charge in [-0.05, 0) is 29.8 Å². The molecular weight excluding hydrogens is 375 g/mol. The maximum atomic E-state index is 13.4. The molecule has 2 amide bonds. The normalized spacial score (nSPS) is 16.8. The van der Waals surface area contributed by atoms with E-state index in [0.29, 0.717) is 24.3 Å². The number of carbonyl (C=O) groups excluding carboxylic acids is 2. The molecule has 8 heteroatoms. The van der Waals surface area contributed by atoms with Crippen molar-refractivity contribution < 1.29 is 23.5 Å². The van der Waals surface area contributed by atoms with Crippen LogP contribution in [-0.4, -0.2) is 43.0 Å². The molecule has 0 bridgehead atoms. The minimum absolute atomic E-state index is 0.00440. The third-order valence-corrected chi connectivity index (χ3v) is 4.45. The largest absolute Gasteiger partial charge is 0.483 e. The van der Waals surface area contributed by atoms with Crippen LogP contribution in [0.3, 0.4) is 0 Å². The predicted octanol–water partition coefficient (Wildman–Crippen LogP) is 2.56. The second kappa shape index (κ2) is 8.37. The van der Waals surface area contributed by atoms with Gasteiger partial charge in [-0.15, -0.1) is 0 Å². The molecule has 0 saturated carbocycles. The third-order valence-electron chi connectivity index (χ3n) is 4.16. The number of rotatable bonds is 5. The number of morpholine rings is 1. The van der Waals surface area contributed by atoms with E-state index in [2.05, 4.69) is 0 Å². The van der Waals surface area contributed by atoms with E-state index in [1.165, 1.54) is 12.1 Å². The molecule has 0 spiro atoms. The molecule has 1 atom stereocenters. The first kappa shape index (κ1) is 19.1. The number of nitrogens with two attached hydrogens (primary N) is 1. The van der Waals surface area contributed by atoms with Crippen molar-refractivity contribution in [1.82, 2.24) is 4.90 Å². The molecule has 3 rings (SSSR count). The summed E-state index contributed by atoms with van der Waals surface area (Å²) >= 11 is 5.84. The Morgan fingerprint density at radius 3 is 2.81 bits per heavy atom. The topological polar surface area (TPSA) is 81.9 Å². The number of nitrogens with zero attached hydrogens (tertiary/aromatic N) is 1. The highest BCUT2D eigenvalue weighted by molar-refractivity contribution is 6.30. The minimum Gasteiger partial charge on any atom is -0.483 e. The van der Waals surface area contributed by atoms with Gasteiger partial charge in [-0.3, -0.25) is 9.59 Å². The van der Waals surface area contributed by atoms with Crippen molar-refractivity contribution in [3.05, 3.63) is 64.4 Å². The van der Waals surface area contributed by atoms with Gasteiger partial charge in [-0.25, -0.2) is 4.39 Å². The number of benzene rings is 2. The fourth-order valence-electron chi connectivity index (χ4n) is 2.84. The Bertz CT molecular complexity index is 861. The van der Waals surface area contributed by atoms with E-state index in [1.807, 2.05) is 0 Å². The van der Waals surface area contributed by atoms with Crippen LogP contribution in [0.1, 0.15) is 22.0 Å². The van der Waals surface area contributed by atoms with Crippen LogP contribution in [0.4, 0.5) is 4.39 Å². The van der Waals surface area contributed by atoms with E-state index in [-0.39, 0.29) is 29.8 Å². The van der Waals surface area contributed by atoms with Gasteiger partial charge in [0.05, 0.1) is 23.7 Å². The number of carbonyl (C=O) groups is 2. The molecule has 0 radical (unpaired) electrons. The Morgan fingerprint density at radius 1 is 1.30 bits per heavy atom. The van der Waals surface area contributed by atoms with Gasteiger partial charge >= 0.3 is 0 Å². The molecule has 0 aromatic heterocycles. The van der Waals surface area contributed by atoms with Crippen molar-refractivity contribution in [3.63, 3.8) is 0 Å². The lowest BCUT2D eigenvalue weighted by molar-refractivity contribution is -0.119. The molecule has 6 nitrogen and oxygen atoms in total. The van der Waals surface area contributed by atoms with Gasteiger partial charge in [-0.1, -0.05) is 29.8 Å². The van der Waals surface area contributed by atoms with Crippen LogP contribution >= 0.6 is 11.6 Å². The van der Waals surface area contributed by atoms with E-state index in [4.69, 9.17) is 26.8 Å². The van der Waals surface area contributed by atoms with Crippen LogP contribution in [0, 0.1) is 5.82 Å². The van der Waals surface area contributed by atoms with Crippen LogP contribution in [0.5, 0.6) is 5.75 Å². The summed E-state index contributed by atoms with van der Waals surface area (Å²) < 4.78 is 24.4. The number of halogens is 2. The van der Waals surface area contributed by atoms with Crippen molar-refractivity contribution in [2.24, 2.45) is 5.73 Å². The SMILES string of the molecule is NC(=O)COc1ccccc1C(=O)N1CCOC(c2ccc(F)c(Cl)c2)C1. The van der Waals surface area contributed by atoms with Gasteiger partial charge in [0.15, 0.2) is 6.61 Å². The first-order valence-electron chi connectivity index (χ1n) is 8.31. The number of primary amides is 1.